The fourth-order valence-corrected chi connectivity index (χ4v) is 3.63. The largest absolute Gasteiger partial charge is 0.490 e. The van der Waals surface area contributed by atoms with E-state index in [1.807, 2.05) is 18.2 Å². The van der Waals surface area contributed by atoms with Gasteiger partial charge in [-0.15, -0.1) is 24.0 Å². The van der Waals surface area contributed by atoms with Gasteiger partial charge in [0.25, 0.3) is 0 Å². The van der Waals surface area contributed by atoms with Gasteiger partial charge < -0.3 is 24.2 Å². The number of fused-ring (bicyclic) bond motifs is 1. The molecule has 164 valence electrons. The molecule has 0 amide bonds. The zero-order valence-electron chi connectivity index (χ0n) is 17.4. The van der Waals surface area contributed by atoms with E-state index in [0.717, 1.165) is 74.4 Å². The molecule has 30 heavy (non-hydrogen) atoms. The average molecular weight is 527 g/mol. The number of ether oxygens (including phenoxy) is 2. The summed E-state index contributed by atoms with van der Waals surface area (Å²) < 4.78 is 16.7. The van der Waals surface area contributed by atoms with Crippen molar-refractivity contribution in [2.45, 2.75) is 26.4 Å². The Morgan fingerprint density at radius 1 is 1.13 bits per heavy atom. The fourth-order valence-electron chi connectivity index (χ4n) is 3.63. The van der Waals surface area contributed by atoms with Crippen molar-refractivity contribution < 1.29 is 14.0 Å². The first kappa shape index (κ1) is 22.7. The highest BCUT2D eigenvalue weighted by Gasteiger charge is 2.21. The number of hydrogen-bond acceptors (Lipinski definition) is 6. The summed E-state index contributed by atoms with van der Waals surface area (Å²) in [6.07, 6.45) is 2.53. The monoisotopic (exact) mass is 527 g/mol. The molecule has 0 radical (unpaired) electrons. The number of rotatable bonds is 5. The van der Waals surface area contributed by atoms with Crippen LogP contribution in [0.25, 0.3) is 0 Å². The summed E-state index contributed by atoms with van der Waals surface area (Å²) in [5, 5.41) is 7.44. The molecule has 0 aliphatic carbocycles. The molecule has 0 atom stereocenters. The predicted molar refractivity (Wildman–Crippen MR) is 126 cm³/mol. The summed E-state index contributed by atoms with van der Waals surface area (Å²) in [6.45, 7) is 9.49. The van der Waals surface area contributed by atoms with E-state index < -0.39 is 0 Å². The first-order valence-corrected chi connectivity index (χ1v) is 10.4. The van der Waals surface area contributed by atoms with Crippen LogP contribution >= 0.6 is 24.0 Å². The van der Waals surface area contributed by atoms with E-state index in [1.165, 1.54) is 0 Å². The lowest BCUT2D eigenvalue weighted by atomic mass is 10.2. The van der Waals surface area contributed by atoms with Crippen LogP contribution in [0.5, 0.6) is 11.5 Å². The maximum absolute atomic E-state index is 5.93. The molecule has 2 aromatic rings. The van der Waals surface area contributed by atoms with Crippen molar-refractivity contribution in [1.29, 1.82) is 0 Å². The second-order valence-corrected chi connectivity index (χ2v) is 7.22. The molecular formula is C21H30IN5O3. The smallest absolute Gasteiger partial charge is 0.194 e. The quantitative estimate of drug-likeness (QED) is 0.364. The number of aromatic nitrogens is 1. The first-order valence-electron chi connectivity index (χ1n) is 10.4. The molecule has 2 aliphatic rings. The third-order valence-corrected chi connectivity index (χ3v) is 5.14. The zero-order valence-corrected chi connectivity index (χ0v) is 19.7. The second kappa shape index (κ2) is 11.4. The van der Waals surface area contributed by atoms with Crippen molar-refractivity contribution in [3.8, 4) is 11.5 Å². The van der Waals surface area contributed by atoms with Crippen molar-refractivity contribution in [3.63, 3.8) is 0 Å². The Kier molecular flexibility index (Phi) is 8.61. The third-order valence-electron chi connectivity index (χ3n) is 5.14. The normalized spacial score (nSPS) is 17.2. The summed E-state index contributed by atoms with van der Waals surface area (Å²) in [4.78, 5) is 9.61. The Morgan fingerprint density at radius 3 is 2.73 bits per heavy atom. The Balaban J connectivity index is 0.00000256. The van der Waals surface area contributed by atoms with E-state index >= 15 is 0 Å². The third kappa shape index (κ3) is 5.78. The summed E-state index contributed by atoms with van der Waals surface area (Å²) in [5.41, 5.74) is 2.04. The van der Waals surface area contributed by atoms with E-state index in [9.17, 15) is 0 Å². The lowest BCUT2D eigenvalue weighted by Crippen LogP contribution is -2.52. The van der Waals surface area contributed by atoms with Gasteiger partial charge in [0.2, 0.25) is 0 Å². The molecule has 1 aromatic carbocycles. The Labute approximate surface area is 194 Å². The van der Waals surface area contributed by atoms with E-state index in [2.05, 4.69) is 33.3 Å². The van der Waals surface area contributed by atoms with Crippen LogP contribution in [0.15, 0.2) is 40.0 Å². The minimum Gasteiger partial charge on any atom is -0.490 e. The number of halogens is 1. The van der Waals surface area contributed by atoms with Gasteiger partial charge in [-0.1, -0.05) is 17.3 Å². The van der Waals surface area contributed by atoms with Crippen molar-refractivity contribution in [2.75, 3.05) is 45.9 Å². The number of guanidine groups is 1. The van der Waals surface area contributed by atoms with Gasteiger partial charge >= 0.3 is 0 Å². The molecular weight excluding hydrogens is 497 g/mol. The highest BCUT2D eigenvalue weighted by molar-refractivity contribution is 14.0. The molecule has 9 heteroatoms. The molecule has 3 heterocycles. The van der Waals surface area contributed by atoms with Crippen LogP contribution in [0.3, 0.4) is 0 Å². The minimum atomic E-state index is 0. The van der Waals surface area contributed by atoms with E-state index in [4.69, 9.17) is 19.0 Å². The first-order chi connectivity index (χ1) is 14.3. The van der Waals surface area contributed by atoms with Crippen molar-refractivity contribution in [2.24, 2.45) is 4.99 Å². The van der Waals surface area contributed by atoms with Crippen LogP contribution in [0.4, 0.5) is 0 Å². The molecule has 0 unspecified atom stereocenters. The molecule has 0 spiro atoms. The standard InChI is InChI=1S/C21H29N5O3.HI/c1-2-22-21(26-10-8-25(9-11-26)16-18-7-14-29-24-18)23-15-17-5-3-6-19-20(17)28-13-4-12-27-19;/h3,5-7,14H,2,4,8-13,15-16H2,1H3,(H,22,23);1H. The highest BCUT2D eigenvalue weighted by Crippen LogP contribution is 2.33. The number of aliphatic imine (C=N–C) groups is 1. The number of piperazine rings is 1. The van der Waals surface area contributed by atoms with Crippen molar-refractivity contribution in [1.82, 2.24) is 20.3 Å². The van der Waals surface area contributed by atoms with Gasteiger partial charge in [-0.3, -0.25) is 4.90 Å². The summed E-state index contributed by atoms with van der Waals surface area (Å²) in [7, 11) is 0. The number of hydrogen-bond donors (Lipinski definition) is 1. The lowest BCUT2D eigenvalue weighted by molar-refractivity contribution is 0.169. The number of benzene rings is 1. The van der Waals surface area contributed by atoms with Gasteiger partial charge in [0, 0.05) is 57.3 Å². The van der Waals surface area contributed by atoms with Crippen molar-refractivity contribution >= 4 is 29.9 Å². The Bertz CT molecular complexity index is 807. The van der Waals surface area contributed by atoms with E-state index in [1.54, 1.807) is 6.26 Å². The van der Waals surface area contributed by atoms with Crippen LogP contribution in [0, 0.1) is 0 Å². The Morgan fingerprint density at radius 2 is 1.97 bits per heavy atom. The molecule has 1 N–H and O–H groups in total. The van der Waals surface area contributed by atoms with Crippen LogP contribution in [0.2, 0.25) is 0 Å². The lowest BCUT2D eigenvalue weighted by Gasteiger charge is -2.36. The van der Waals surface area contributed by atoms with Gasteiger partial charge in [-0.2, -0.15) is 0 Å². The molecule has 2 aliphatic heterocycles. The van der Waals surface area contributed by atoms with Gasteiger partial charge in [0.15, 0.2) is 17.5 Å². The van der Waals surface area contributed by atoms with Crippen molar-refractivity contribution in [3.05, 3.63) is 41.8 Å². The van der Waals surface area contributed by atoms with Gasteiger partial charge in [-0.25, -0.2) is 4.99 Å². The van der Waals surface area contributed by atoms with Crippen LogP contribution in [0.1, 0.15) is 24.6 Å². The second-order valence-electron chi connectivity index (χ2n) is 7.22. The molecule has 0 saturated carbocycles. The number of nitrogens with zero attached hydrogens (tertiary/aromatic N) is 4. The highest BCUT2D eigenvalue weighted by atomic mass is 127. The Hall–Kier alpha value is -2.01. The fraction of sp³-hybridized carbons (Fsp3) is 0.524. The topological polar surface area (TPSA) is 75.4 Å². The number of para-hydroxylation sites is 1. The molecule has 1 fully saturated rings. The SMILES string of the molecule is CCNC(=NCc1cccc2c1OCCCO2)N1CCN(Cc2ccon2)CC1.I. The predicted octanol–water partition coefficient (Wildman–Crippen LogP) is 2.74. The zero-order chi connectivity index (χ0) is 19.9. The molecule has 0 bridgehead atoms. The van der Waals surface area contributed by atoms with E-state index in [-0.39, 0.29) is 24.0 Å². The summed E-state index contributed by atoms with van der Waals surface area (Å²) >= 11 is 0. The molecule has 8 nitrogen and oxygen atoms in total. The van der Waals surface area contributed by atoms with Gasteiger partial charge in [0.1, 0.15) is 6.26 Å². The van der Waals surface area contributed by atoms with Crippen LogP contribution in [-0.2, 0) is 13.1 Å². The summed E-state index contributed by atoms with van der Waals surface area (Å²) in [5.74, 6) is 2.60. The average Bonchev–Trinajstić information content (AvgIpc) is 3.13. The summed E-state index contributed by atoms with van der Waals surface area (Å²) in [6, 6.07) is 7.96. The van der Waals surface area contributed by atoms with Gasteiger partial charge in [0.05, 0.1) is 25.5 Å². The van der Waals surface area contributed by atoms with Crippen LogP contribution in [-0.4, -0.2) is 66.9 Å². The minimum absolute atomic E-state index is 0. The number of nitrogens with one attached hydrogen (secondary N) is 1. The maximum Gasteiger partial charge on any atom is 0.194 e. The van der Waals surface area contributed by atoms with E-state index in [0.29, 0.717) is 19.8 Å². The molecule has 1 saturated heterocycles. The molecule has 1 aromatic heterocycles. The van der Waals surface area contributed by atoms with Crippen LogP contribution < -0.4 is 14.8 Å². The molecule has 4 rings (SSSR count). The van der Waals surface area contributed by atoms with Gasteiger partial charge in [-0.05, 0) is 13.0 Å². The maximum atomic E-state index is 5.93.